The average molecular weight is 233 g/mol. The number of aliphatic hydroxyl groups excluding tert-OH is 1. The first-order valence-corrected chi connectivity index (χ1v) is 5.65. The fraction of sp³-hybridized carbons (Fsp3) is 0.333. The van der Waals surface area contributed by atoms with Crippen LogP contribution in [0.15, 0.2) is 29.1 Å². The van der Waals surface area contributed by atoms with Crippen LogP contribution in [-0.4, -0.2) is 28.5 Å². The first-order valence-electron chi connectivity index (χ1n) is 5.65. The molecule has 0 saturated heterocycles. The van der Waals surface area contributed by atoms with E-state index in [2.05, 4.69) is 15.5 Å². The maximum absolute atomic E-state index is 11.5. The van der Waals surface area contributed by atoms with E-state index in [0.29, 0.717) is 11.2 Å². The lowest BCUT2D eigenvalue weighted by atomic mass is 10.2. The quantitative estimate of drug-likeness (QED) is 0.676. The summed E-state index contributed by atoms with van der Waals surface area (Å²) in [4.78, 5) is 11.5. The Bertz CT molecular complexity index is 551. The Hall–Kier alpha value is -1.88. The lowest BCUT2D eigenvalue weighted by Gasteiger charge is -2.07. The minimum absolute atomic E-state index is 0.179. The fourth-order valence-electron chi connectivity index (χ4n) is 1.69. The third-order valence-corrected chi connectivity index (χ3v) is 2.57. The van der Waals surface area contributed by atoms with E-state index in [4.69, 9.17) is 5.11 Å². The van der Waals surface area contributed by atoms with Crippen molar-refractivity contribution in [2.45, 2.75) is 12.8 Å². The Morgan fingerprint density at radius 1 is 1.24 bits per heavy atom. The highest BCUT2D eigenvalue weighted by atomic mass is 16.2. The van der Waals surface area contributed by atoms with Gasteiger partial charge in [-0.25, -0.2) is 5.10 Å². The maximum Gasteiger partial charge on any atom is 0.272 e. The minimum Gasteiger partial charge on any atom is -0.396 e. The molecule has 1 aromatic heterocycles. The molecule has 0 amide bonds. The molecule has 0 unspecified atom stereocenters. The number of aliphatic hydroxyl groups is 1. The van der Waals surface area contributed by atoms with E-state index in [-0.39, 0.29) is 12.2 Å². The summed E-state index contributed by atoms with van der Waals surface area (Å²) in [5.74, 6) is 0.679. The summed E-state index contributed by atoms with van der Waals surface area (Å²) in [5.41, 5.74) is -0.179. The Morgan fingerprint density at radius 3 is 2.76 bits per heavy atom. The van der Waals surface area contributed by atoms with Crippen LogP contribution < -0.4 is 10.9 Å². The second-order valence-corrected chi connectivity index (χ2v) is 3.80. The summed E-state index contributed by atoms with van der Waals surface area (Å²) in [6.45, 7) is 0.922. The van der Waals surface area contributed by atoms with Crippen molar-refractivity contribution < 1.29 is 5.11 Å². The number of benzene rings is 1. The molecule has 1 aromatic carbocycles. The van der Waals surface area contributed by atoms with Gasteiger partial charge in [0.2, 0.25) is 0 Å². The summed E-state index contributed by atoms with van der Waals surface area (Å²) in [6.07, 6.45) is 1.62. The van der Waals surface area contributed by atoms with Gasteiger partial charge in [-0.1, -0.05) is 18.2 Å². The van der Waals surface area contributed by atoms with Crippen molar-refractivity contribution in [3.8, 4) is 0 Å². The number of hydrogen-bond donors (Lipinski definition) is 3. The normalized spacial score (nSPS) is 10.6. The number of hydrogen-bond acceptors (Lipinski definition) is 4. The van der Waals surface area contributed by atoms with Crippen LogP contribution in [0, 0.1) is 0 Å². The molecule has 0 atom stereocenters. The van der Waals surface area contributed by atoms with E-state index in [1.165, 1.54) is 0 Å². The van der Waals surface area contributed by atoms with Crippen LogP contribution in [0.4, 0.5) is 5.82 Å². The second-order valence-electron chi connectivity index (χ2n) is 3.80. The third-order valence-electron chi connectivity index (χ3n) is 2.57. The Morgan fingerprint density at radius 2 is 2.00 bits per heavy atom. The molecular formula is C12H15N3O2. The molecular weight excluding hydrogens is 218 g/mol. The van der Waals surface area contributed by atoms with E-state index in [1.807, 2.05) is 18.2 Å². The number of anilines is 1. The molecule has 0 radical (unpaired) electrons. The van der Waals surface area contributed by atoms with Gasteiger partial charge in [0.15, 0.2) is 5.82 Å². The van der Waals surface area contributed by atoms with Crippen LogP contribution in [0.25, 0.3) is 10.8 Å². The molecule has 3 N–H and O–H groups in total. The maximum atomic E-state index is 11.5. The van der Waals surface area contributed by atoms with Gasteiger partial charge in [-0.3, -0.25) is 4.79 Å². The molecule has 0 aliphatic rings. The summed E-state index contributed by atoms with van der Waals surface area (Å²) in [5, 5.41) is 19.7. The SMILES string of the molecule is O=c1[nH]nc(NCCCCO)c2ccccc12. The molecule has 0 fully saturated rings. The highest BCUT2D eigenvalue weighted by molar-refractivity contribution is 5.90. The van der Waals surface area contributed by atoms with Crippen molar-refractivity contribution in [1.82, 2.24) is 10.2 Å². The van der Waals surface area contributed by atoms with Crippen LogP contribution in [0.3, 0.4) is 0 Å². The van der Waals surface area contributed by atoms with Gasteiger partial charge in [0.05, 0.1) is 5.39 Å². The zero-order valence-electron chi connectivity index (χ0n) is 9.44. The highest BCUT2D eigenvalue weighted by Gasteiger charge is 2.04. The van der Waals surface area contributed by atoms with Crippen molar-refractivity contribution in [2.24, 2.45) is 0 Å². The molecule has 1 heterocycles. The predicted octanol–water partition coefficient (Wildman–Crippen LogP) is 1.11. The van der Waals surface area contributed by atoms with Crippen LogP contribution in [0.2, 0.25) is 0 Å². The highest BCUT2D eigenvalue weighted by Crippen LogP contribution is 2.16. The average Bonchev–Trinajstić information content (AvgIpc) is 2.37. The number of nitrogens with one attached hydrogen (secondary N) is 2. The van der Waals surface area contributed by atoms with Crippen LogP contribution >= 0.6 is 0 Å². The van der Waals surface area contributed by atoms with Crippen LogP contribution in [0.5, 0.6) is 0 Å². The molecule has 0 saturated carbocycles. The van der Waals surface area contributed by atoms with Gasteiger partial charge in [0.1, 0.15) is 0 Å². The van der Waals surface area contributed by atoms with Gasteiger partial charge < -0.3 is 10.4 Å². The van der Waals surface area contributed by atoms with Gasteiger partial charge in [0.25, 0.3) is 5.56 Å². The summed E-state index contributed by atoms with van der Waals surface area (Å²) in [6, 6.07) is 7.34. The van der Waals surface area contributed by atoms with Gasteiger partial charge in [0, 0.05) is 18.5 Å². The largest absolute Gasteiger partial charge is 0.396 e. The summed E-state index contributed by atoms with van der Waals surface area (Å²) in [7, 11) is 0. The number of fused-ring (bicyclic) bond motifs is 1. The van der Waals surface area contributed by atoms with Crippen molar-refractivity contribution in [2.75, 3.05) is 18.5 Å². The Labute approximate surface area is 98.5 Å². The second kappa shape index (κ2) is 5.45. The molecule has 0 aliphatic heterocycles. The number of unbranched alkanes of at least 4 members (excludes halogenated alkanes) is 1. The molecule has 0 spiro atoms. The molecule has 5 nitrogen and oxygen atoms in total. The Balaban J connectivity index is 2.23. The zero-order chi connectivity index (χ0) is 12.1. The van der Waals surface area contributed by atoms with Crippen molar-refractivity contribution in [1.29, 1.82) is 0 Å². The fourth-order valence-corrected chi connectivity index (χ4v) is 1.69. The molecule has 2 rings (SSSR count). The number of aromatic amines is 1. The van der Waals surface area contributed by atoms with Crippen molar-refractivity contribution in [3.63, 3.8) is 0 Å². The lowest BCUT2D eigenvalue weighted by Crippen LogP contribution is -2.12. The first-order chi connectivity index (χ1) is 8.33. The van der Waals surface area contributed by atoms with E-state index in [9.17, 15) is 4.79 Å². The minimum atomic E-state index is -0.179. The van der Waals surface area contributed by atoms with Gasteiger partial charge >= 0.3 is 0 Å². The van der Waals surface area contributed by atoms with Crippen molar-refractivity contribution >= 4 is 16.6 Å². The zero-order valence-corrected chi connectivity index (χ0v) is 9.44. The first kappa shape index (κ1) is 11.6. The van der Waals surface area contributed by atoms with E-state index < -0.39 is 0 Å². The van der Waals surface area contributed by atoms with E-state index >= 15 is 0 Å². The monoisotopic (exact) mass is 233 g/mol. The van der Waals surface area contributed by atoms with Crippen LogP contribution in [0.1, 0.15) is 12.8 Å². The molecule has 17 heavy (non-hydrogen) atoms. The standard InChI is InChI=1S/C12H15N3O2/c16-8-4-3-7-13-11-9-5-1-2-6-10(9)12(17)15-14-11/h1-2,5-6,16H,3-4,7-8H2,(H,13,14)(H,15,17). The Kier molecular flexibility index (Phi) is 3.72. The molecule has 0 bridgehead atoms. The van der Waals surface area contributed by atoms with E-state index in [1.54, 1.807) is 6.07 Å². The number of nitrogens with zero attached hydrogens (tertiary/aromatic N) is 1. The predicted molar refractivity (Wildman–Crippen MR) is 67.2 cm³/mol. The van der Waals surface area contributed by atoms with E-state index in [0.717, 1.165) is 24.8 Å². The summed E-state index contributed by atoms with van der Waals surface area (Å²) >= 11 is 0. The molecule has 90 valence electrons. The number of H-pyrrole nitrogens is 1. The van der Waals surface area contributed by atoms with Crippen LogP contribution in [-0.2, 0) is 0 Å². The smallest absolute Gasteiger partial charge is 0.272 e. The van der Waals surface area contributed by atoms with Crippen molar-refractivity contribution in [3.05, 3.63) is 34.6 Å². The molecule has 0 aliphatic carbocycles. The topological polar surface area (TPSA) is 78.0 Å². The van der Waals surface area contributed by atoms with Gasteiger partial charge in [-0.05, 0) is 18.9 Å². The third kappa shape index (κ3) is 2.62. The molecule has 2 aromatic rings. The van der Waals surface area contributed by atoms with Gasteiger partial charge in [-0.15, -0.1) is 0 Å². The number of rotatable bonds is 5. The van der Waals surface area contributed by atoms with Gasteiger partial charge in [-0.2, -0.15) is 5.10 Å². The number of aromatic nitrogens is 2. The summed E-state index contributed by atoms with van der Waals surface area (Å²) < 4.78 is 0. The molecule has 5 heteroatoms. The lowest BCUT2D eigenvalue weighted by molar-refractivity contribution is 0.286.